The summed E-state index contributed by atoms with van der Waals surface area (Å²) in [5, 5.41) is 2.04. The number of piperazine rings is 1. The van der Waals surface area contributed by atoms with Crippen LogP contribution in [0, 0.1) is 6.92 Å². The fourth-order valence-electron chi connectivity index (χ4n) is 3.27. The normalized spacial score (nSPS) is 15.9. The molecule has 1 aromatic carbocycles. The minimum atomic E-state index is -0.656. The van der Waals surface area contributed by atoms with Crippen LogP contribution in [-0.4, -0.2) is 47.8 Å². The van der Waals surface area contributed by atoms with Crippen LogP contribution in [0.25, 0.3) is 9.40 Å². The second-order valence-corrected chi connectivity index (χ2v) is 8.80. The zero-order valence-corrected chi connectivity index (χ0v) is 16.7. The van der Waals surface area contributed by atoms with Crippen molar-refractivity contribution in [1.29, 1.82) is 0 Å². The molecule has 1 saturated heterocycles. The van der Waals surface area contributed by atoms with Crippen LogP contribution < -0.4 is 5.73 Å². The van der Waals surface area contributed by atoms with E-state index in [0.29, 0.717) is 26.2 Å². The van der Waals surface area contributed by atoms with Gasteiger partial charge in [-0.15, -0.1) is 22.7 Å². The average Bonchev–Trinajstić information content (AvgIpc) is 3.29. The van der Waals surface area contributed by atoms with E-state index >= 15 is 0 Å². The summed E-state index contributed by atoms with van der Waals surface area (Å²) in [7, 11) is 0. The van der Waals surface area contributed by atoms with E-state index < -0.39 is 6.04 Å². The number of carbonyl (C=O) groups excluding carboxylic acids is 2. The number of hydrogen-bond donors (Lipinski definition) is 1. The third kappa shape index (κ3) is 3.63. The molecule has 0 radical (unpaired) electrons. The van der Waals surface area contributed by atoms with Crippen LogP contribution in [0.1, 0.15) is 26.8 Å². The van der Waals surface area contributed by atoms with Gasteiger partial charge >= 0.3 is 0 Å². The number of carbonyl (C=O) groups is 2. The Morgan fingerprint density at radius 2 is 1.67 bits per heavy atom. The topological polar surface area (TPSA) is 66.6 Å². The summed E-state index contributed by atoms with van der Waals surface area (Å²) < 4.78 is 2.31. The molecule has 2 N–H and O–H groups in total. The summed E-state index contributed by atoms with van der Waals surface area (Å²) in [4.78, 5) is 29.8. The van der Waals surface area contributed by atoms with Gasteiger partial charge in [0.05, 0.1) is 4.88 Å². The van der Waals surface area contributed by atoms with E-state index in [1.54, 1.807) is 16.2 Å². The lowest BCUT2D eigenvalue weighted by molar-refractivity contribution is -0.134. The Morgan fingerprint density at radius 1 is 1.00 bits per heavy atom. The first-order chi connectivity index (χ1) is 13.0. The summed E-state index contributed by atoms with van der Waals surface area (Å²) >= 11 is 3.19. The molecule has 7 heteroatoms. The van der Waals surface area contributed by atoms with Gasteiger partial charge in [0.2, 0.25) is 5.91 Å². The highest BCUT2D eigenvalue weighted by Gasteiger charge is 2.29. The highest BCUT2D eigenvalue weighted by molar-refractivity contribution is 7.27. The summed E-state index contributed by atoms with van der Waals surface area (Å²) in [5.41, 5.74) is 8.13. The fraction of sp³-hybridized carbons (Fsp3) is 0.300. The van der Waals surface area contributed by atoms with Gasteiger partial charge in [-0.05, 0) is 30.0 Å². The van der Waals surface area contributed by atoms with Crippen molar-refractivity contribution in [2.75, 3.05) is 26.2 Å². The minimum Gasteiger partial charge on any atom is -0.337 e. The van der Waals surface area contributed by atoms with Crippen molar-refractivity contribution < 1.29 is 9.59 Å². The Hall–Kier alpha value is -2.22. The SMILES string of the molecule is Cc1ccc(C(N)C(=O)N2CCN(C(=O)c3cc4sccc4s3)CC2)cc1. The number of amides is 2. The Balaban J connectivity index is 1.37. The van der Waals surface area contributed by atoms with Crippen molar-refractivity contribution in [2.24, 2.45) is 5.73 Å². The van der Waals surface area contributed by atoms with Gasteiger partial charge in [0.15, 0.2) is 0 Å². The Kier molecular flexibility index (Phi) is 4.99. The number of hydrogen-bond acceptors (Lipinski definition) is 5. The maximum atomic E-state index is 12.7. The molecule has 1 fully saturated rings. The zero-order chi connectivity index (χ0) is 19.0. The zero-order valence-electron chi connectivity index (χ0n) is 15.1. The minimum absolute atomic E-state index is 0.0540. The molecule has 0 spiro atoms. The van der Waals surface area contributed by atoms with Crippen molar-refractivity contribution in [1.82, 2.24) is 9.80 Å². The van der Waals surface area contributed by atoms with Crippen molar-refractivity contribution in [3.05, 3.63) is 57.8 Å². The molecule has 3 aromatic rings. The number of rotatable bonds is 3. The lowest BCUT2D eigenvalue weighted by Crippen LogP contribution is -2.52. The molecule has 1 unspecified atom stereocenters. The summed E-state index contributed by atoms with van der Waals surface area (Å²) in [6.45, 7) is 4.12. The van der Waals surface area contributed by atoms with Crippen LogP contribution in [0.5, 0.6) is 0 Å². The average molecular weight is 400 g/mol. The van der Waals surface area contributed by atoms with Crippen LogP contribution in [-0.2, 0) is 4.79 Å². The number of nitrogens with two attached hydrogens (primary N) is 1. The Labute approximate surface area is 166 Å². The smallest absolute Gasteiger partial charge is 0.264 e. The lowest BCUT2D eigenvalue weighted by Gasteiger charge is -2.35. The van der Waals surface area contributed by atoms with Gasteiger partial charge in [0.1, 0.15) is 6.04 Å². The van der Waals surface area contributed by atoms with Crippen molar-refractivity contribution in [2.45, 2.75) is 13.0 Å². The van der Waals surface area contributed by atoms with Crippen LogP contribution >= 0.6 is 22.7 Å². The molecule has 3 heterocycles. The molecule has 27 heavy (non-hydrogen) atoms. The largest absolute Gasteiger partial charge is 0.337 e. The molecule has 1 aliphatic rings. The van der Waals surface area contributed by atoms with Gasteiger partial charge in [-0.25, -0.2) is 0 Å². The quantitative estimate of drug-likeness (QED) is 0.735. The van der Waals surface area contributed by atoms with E-state index in [4.69, 9.17) is 5.73 Å². The van der Waals surface area contributed by atoms with E-state index in [0.717, 1.165) is 25.4 Å². The summed E-state index contributed by atoms with van der Waals surface area (Å²) in [6.07, 6.45) is 0. The van der Waals surface area contributed by atoms with Crippen molar-refractivity contribution in [3.63, 3.8) is 0 Å². The van der Waals surface area contributed by atoms with Gasteiger partial charge in [-0.1, -0.05) is 29.8 Å². The molecule has 1 atom stereocenters. The Bertz CT molecular complexity index is 940. The van der Waals surface area contributed by atoms with E-state index in [-0.39, 0.29) is 11.8 Å². The molecule has 0 saturated carbocycles. The molecular weight excluding hydrogens is 378 g/mol. The standard InChI is InChI=1S/C20H21N3O2S2/c1-13-2-4-14(5-3-13)18(21)20(25)23-9-7-22(8-10-23)19(24)17-12-16-15(27-17)6-11-26-16/h2-6,11-12,18H,7-10,21H2,1H3. The number of nitrogens with zero attached hydrogens (tertiary/aromatic N) is 2. The van der Waals surface area contributed by atoms with E-state index in [2.05, 4.69) is 0 Å². The highest BCUT2D eigenvalue weighted by Crippen LogP contribution is 2.31. The predicted octanol–water partition coefficient (Wildman–Crippen LogP) is 3.26. The first kappa shape index (κ1) is 18.2. The summed E-state index contributed by atoms with van der Waals surface area (Å²) in [6, 6.07) is 11.1. The maximum Gasteiger partial charge on any atom is 0.264 e. The molecular formula is C20H21N3O2S2. The molecule has 5 nitrogen and oxygen atoms in total. The van der Waals surface area contributed by atoms with Crippen LogP contribution in [0.2, 0.25) is 0 Å². The predicted molar refractivity (Wildman–Crippen MR) is 110 cm³/mol. The Morgan fingerprint density at radius 3 is 2.33 bits per heavy atom. The maximum absolute atomic E-state index is 12.7. The van der Waals surface area contributed by atoms with Gasteiger partial charge in [-0.2, -0.15) is 0 Å². The van der Waals surface area contributed by atoms with Gasteiger partial charge in [-0.3, -0.25) is 9.59 Å². The molecule has 140 valence electrons. The van der Waals surface area contributed by atoms with Crippen molar-refractivity contribution >= 4 is 43.9 Å². The third-order valence-corrected chi connectivity index (χ3v) is 7.01. The molecule has 1 aliphatic heterocycles. The third-order valence-electron chi connectivity index (χ3n) is 4.93. The number of aryl methyl sites for hydroxylation is 1. The fourth-order valence-corrected chi connectivity index (χ4v) is 5.35. The van der Waals surface area contributed by atoms with E-state index in [1.165, 1.54) is 11.3 Å². The van der Waals surface area contributed by atoms with E-state index in [9.17, 15) is 9.59 Å². The lowest BCUT2D eigenvalue weighted by atomic mass is 10.0. The second-order valence-electron chi connectivity index (χ2n) is 6.77. The number of fused-ring (bicyclic) bond motifs is 1. The number of benzene rings is 1. The monoisotopic (exact) mass is 399 g/mol. The first-order valence-corrected chi connectivity index (χ1v) is 10.6. The van der Waals surface area contributed by atoms with Crippen LogP contribution in [0.4, 0.5) is 0 Å². The molecule has 2 aromatic heterocycles. The van der Waals surface area contributed by atoms with E-state index in [1.807, 2.05) is 53.6 Å². The molecule has 0 aliphatic carbocycles. The number of thiophene rings is 2. The van der Waals surface area contributed by atoms with Gasteiger partial charge < -0.3 is 15.5 Å². The molecule has 4 rings (SSSR count). The first-order valence-electron chi connectivity index (χ1n) is 8.90. The van der Waals surface area contributed by atoms with Crippen LogP contribution in [0.3, 0.4) is 0 Å². The molecule has 0 bridgehead atoms. The van der Waals surface area contributed by atoms with Gasteiger partial charge in [0, 0.05) is 35.6 Å². The van der Waals surface area contributed by atoms with Crippen molar-refractivity contribution in [3.8, 4) is 0 Å². The van der Waals surface area contributed by atoms with Crippen LogP contribution in [0.15, 0.2) is 41.8 Å². The van der Waals surface area contributed by atoms with Gasteiger partial charge in [0.25, 0.3) is 5.91 Å². The second kappa shape index (κ2) is 7.42. The highest BCUT2D eigenvalue weighted by atomic mass is 32.1. The summed E-state index contributed by atoms with van der Waals surface area (Å²) in [5.74, 6) is -0.0269. The molecule has 2 amide bonds.